The number of benzene rings is 2. The number of nitrogens with zero attached hydrogens (tertiary/aromatic N) is 2. The van der Waals surface area contributed by atoms with Crippen LogP contribution < -0.4 is 10.2 Å². The van der Waals surface area contributed by atoms with Gasteiger partial charge in [0.1, 0.15) is 11.9 Å². The number of piperazine rings is 1. The minimum absolute atomic E-state index is 0.249. The van der Waals surface area contributed by atoms with E-state index in [0.29, 0.717) is 26.2 Å². The Morgan fingerprint density at radius 3 is 2.35 bits per heavy atom. The van der Waals surface area contributed by atoms with Crippen LogP contribution in [0.4, 0.5) is 10.1 Å². The Labute approximate surface area is 184 Å². The van der Waals surface area contributed by atoms with E-state index in [9.17, 15) is 18.8 Å². The summed E-state index contributed by atoms with van der Waals surface area (Å²) < 4.78 is 18.1. The number of carbonyl (C=O) groups is 3. The molecule has 0 unspecified atom stereocenters. The van der Waals surface area contributed by atoms with Gasteiger partial charge < -0.3 is 19.9 Å². The Morgan fingerprint density at radius 2 is 1.71 bits per heavy atom. The lowest BCUT2D eigenvalue weighted by molar-refractivity contribution is -0.153. The summed E-state index contributed by atoms with van der Waals surface area (Å²) in [6.45, 7) is 3.19. The van der Waals surface area contributed by atoms with Crippen LogP contribution in [0.5, 0.6) is 0 Å². The normalized spacial score (nSPS) is 14.7. The zero-order valence-electron chi connectivity index (χ0n) is 17.0. The first-order valence-electron chi connectivity index (χ1n) is 9.85. The molecule has 31 heavy (non-hydrogen) atoms. The fourth-order valence-electron chi connectivity index (χ4n) is 3.19. The fraction of sp³-hybridized carbons (Fsp3) is 0.318. The SMILES string of the molecule is C[C@H](NC(=O)c1ccccc1Cl)C(=O)OCC(=O)N1CCN(c2ccc(F)cc2)CC1. The first-order chi connectivity index (χ1) is 14.8. The number of anilines is 1. The molecule has 1 aliphatic heterocycles. The lowest BCUT2D eigenvalue weighted by Gasteiger charge is -2.36. The van der Waals surface area contributed by atoms with E-state index in [4.69, 9.17) is 16.3 Å². The van der Waals surface area contributed by atoms with Crippen LogP contribution in [-0.4, -0.2) is 61.5 Å². The molecule has 7 nitrogen and oxygen atoms in total. The van der Waals surface area contributed by atoms with Gasteiger partial charge in [-0.05, 0) is 43.3 Å². The van der Waals surface area contributed by atoms with E-state index >= 15 is 0 Å². The Morgan fingerprint density at radius 1 is 1.06 bits per heavy atom. The largest absolute Gasteiger partial charge is 0.454 e. The van der Waals surface area contributed by atoms with Gasteiger partial charge in [0.15, 0.2) is 6.61 Å². The number of hydrogen-bond donors (Lipinski definition) is 1. The van der Waals surface area contributed by atoms with Gasteiger partial charge in [0.2, 0.25) is 0 Å². The standard InChI is InChI=1S/C22H23ClFN3O4/c1-15(25-21(29)18-4-2-3-5-19(18)23)22(30)31-14-20(28)27-12-10-26(11-13-27)17-8-6-16(24)7-9-17/h2-9,15H,10-14H2,1H3,(H,25,29)/t15-/m0/s1. The van der Waals surface area contributed by atoms with Gasteiger partial charge in [-0.2, -0.15) is 0 Å². The maximum atomic E-state index is 13.1. The van der Waals surface area contributed by atoms with Gasteiger partial charge in [0.25, 0.3) is 11.8 Å². The molecule has 0 saturated carbocycles. The second-order valence-electron chi connectivity index (χ2n) is 7.13. The van der Waals surface area contributed by atoms with Gasteiger partial charge >= 0.3 is 5.97 Å². The summed E-state index contributed by atoms with van der Waals surface area (Å²) in [7, 11) is 0. The molecule has 1 N–H and O–H groups in total. The molecule has 0 aliphatic carbocycles. The maximum absolute atomic E-state index is 13.1. The molecular formula is C22H23ClFN3O4. The average molecular weight is 448 g/mol. The van der Waals surface area contributed by atoms with Crippen LogP contribution in [0.15, 0.2) is 48.5 Å². The van der Waals surface area contributed by atoms with Crippen molar-refractivity contribution in [2.45, 2.75) is 13.0 Å². The van der Waals surface area contributed by atoms with Crippen LogP contribution >= 0.6 is 11.6 Å². The molecule has 1 aliphatic rings. The number of rotatable bonds is 6. The number of nitrogens with one attached hydrogen (secondary N) is 1. The van der Waals surface area contributed by atoms with Gasteiger partial charge in [-0.3, -0.25) is 9.59 Å². The highest BCUT2D eigenvalue weighted by molar-refractivity contribution is 6.33. The topological polar surface area (TPSA) is 78.9 Å². The van der Waals surface area contributed by atoms with E-state index in [1.165, 1.54) is 19.1 Å². The van der Waals surface area contributed by atoms with Crippen molar-refractivity contribution < 1.29 is 23.5 Å². The molecule has 2 aromatic rings. The summed E-state index contributed by atoms with van der Waals surface area (Å²) in [5.74, 6) is -1.81. The van der Waals surface area contributed by atoms with Crippen molar-refractivity contribution in [2.24, 2.45) is 0 Å². The van der Waals surface area contributed by atoms with Gasteiger partial charge in [-0.15, -0.1) is 0 Å². The Bertz CT molecular complexity index is 946. The summed E-state index contributed by atoms with van der Waals surface area (Å²) in [4.78, 5) is 40.4. The van der Waals surface area contributed by atoms with Gasteiger partial charge in [0.05, 0.1) is 10.6 Å². The molecule has 0 aromatic heterocycles. The second-order valence-corrected chi connectivity index (χ2v) is 7.53. The van der Waals surface area contributed by atoms with Crippen molar-refractivity contribution in [1.82, 2.24) is 10.2 Å². The Hall–Kier alpha value is -3.13. The third-order valence-electron chi connectivity index (χ3n) is 4.98. The van der Waals surface area contributed by atoms with Crippen molar-refractivity contribution in [1.29, 1.82) is 0 Å². The van der Waals surface area contributed by atoms with E-state index in [0.717, 1.165) is 5.69 Å². The second kappa shape index (κ2) is 10.3. The van der Waals surface area contributed by atoms with Gasteiger partial charge in [0, 0.05) is 31.9 Å². The summed E-state index contributed by atoms with van der Waals surface area (Å²) >= 11 is 5.98. The van der Waals surface area contributed by atoms with Gasteiger partial charge in [-0.1, -0.05) is 23.7 Å². The molecule has 1 fully saturated rings. The Balaban J connectivity index is 1.43. The van der Waals surface area contributed by atoms with Crippen molar-refractivity contribution in [3.8, 4) is 0 Å². The van der Waals surface area contributed by atoms with Crippen LogP contribution in [0.1, 0.15) is 17.3 Å². The average Bonchev–Trinajstić information content (AvgIpc) is 2.78. The molecule has 9 heteroatoms. The molecule has 2 amide bonds. The van der Waals surface area contributed by atoms with E-state index in [1.54, 1.807) is 41.3 Å². The molecule has 3 rings (SSSR count). The van der Waals surface area contributed by atoms with Gasteiger partial charge in [-0.25, -0.2) is 9.18 Å². The smallest absolute Gasteiger partial charge is 0.328 e. The zero-order chi connectivity index (χ0) is 22.4. The molecule has 1 heterocycles. The third-order valence-corrected chi connectivity index (χ3v) is 5.31. The molecule has 0 bridgehead atoms. The molecule has 0 radical (unpaired) electrons. The van der Waals surface area contributed by atoms with Crippen LogP contribution in [0.3, 0.4) is 0 Å². The Kier molecular flexibility index (Phi) is 7.46. The lowest BCUT2D eigenvalue weighted by atomic mass is 10.2. The van der Waals surface area contributed by atoms with Crippen LogP contribution in [0, 0.1) is 5.82 Å². The van der Waals surface area contributed by atoms with Crippen LogP contribution in [0.25, 0.3) is 0 Å². The molecule has 1 saturated heterocycles. The summed E-state index contributed by atoms with van der Waals surface area (Å²) in [6.07, 6.45) is 0. The number of halogens is 2. The summed E-state index contributed by atoms with van der Waals surface area (Å²) in [5.41, 5.74) is 1.14. The summed E-state index contributed by atoms with van der Waals surface area (Å²) in [5, 5.41) is 2.79. The molecular weight excluding hydrogens is 425 g/mol. The van der Waals surface area contributed by atoms with Crippen molar-refractivity contribution in [2.75, 3.05) is 37.7 Å². The third kappa shape index (κ3) is 5.95. The van der Waals surface area contributed by atoms with Crippen molar-refractivity contribution >= 4 is 35.1 Å². The van der Waals surface area contributed by atoms with Crippen molar-refractivity contribution in [3.63, 3.8) is 0 Å². The van der Waals surface area contributed by atoms with E-state index in [1.807, 2.05) is 0 Å². The van der Waals surface area contributed by atoms with Crippen LogP contribution in [0.2, 0.25) is 5.02 Å². The fourth-order valence-corrected chi connectivity index (χ4v) is 3.42. The molecule has 1 atom stereocenters. The first-order valence-corrected chi connectivity index (χ1v) is 10.2. The predicted molar refractivity (Wildman–Crippen MR) is 115 cm³/mol. The van der Waals surface area contributed by atoms with Crippen molar-refractivity contribution in [3.05, 3.63) is 64.9 Å². The lowest BCUT2D eigenvalue weighted by Crippen LogP contribution is -2.50. The maximum Gasteiger partial charge on any atom is 0.328 e. The number of carbonyl (C=O) groups excluding carboxylic acids is 3. The number of esters is 1. The molecule has 2 aromatic carbocycles. The van der Waals surface area contributed by atoms with Crippen LogP contribution in [-0.2, 0) is 14.3 Å². The highest BCUT2D eigenvalue weighted by Crippen LogP contribution is 2.17. The minimum atomic E-state index is -0.938. The quantitative estimate of drug-likeness (QED) is 0.688. The highest BCUT2D eigenvalue weighted by atomic mass is 35.5. The molecule has 0 spiro atoms. The number of hydrogen-bond acceptors (Lipinski definition) is 5. The summed E-state index contributed by atoms with van der Waals surface area (Å²) in [6, 6.07) is 11.8. The number of amides is 2. The van der Waals surface area contributed by atoms with E-state index in [2.05, 4.69) is 10.2 Å². The predicted octanol–water partition coefficient (Wildman–Crippen LogP) is 2.49. The zero-order valence-corrected chi connectivity index (χ0v) is 17.8. The highest BCUT2D eigenvalue weighted by Gasteiger charge is 2.24. The van der Waals surface area contributed by atoms with E-state index < -0.39 is 24.5 Å². The monoisotopic (exact) mass is 447 g/mol. The molecule has 164 valence electrons. The van der Waals surface area contributed by atoms with E-state index in [-0.39, 0.29) is 22.3 Å². The number of ether oxygens (including phenoxy) is 1. The minimum Gasteiger partial charge on any atom is -0.454 e. The first kappa shape index (κ1) is 22.6.